The van der Waals surface area contributed by atoms with Crippen LogP contribution >= 0.6 is 0 Å². The molecule has 13 heavy (non-hydrogen) atoms. The van der Waals surface area contributed by atoms with E-state index in [1.165, 1.54) is 6.92 Å². The number of rotatable bonds is 1. The van der Waals surface area contributed by atoms with Gasteiger partial charge in [-0.1, -0.05) is 0 Å². The lowest BCUT2D eigenvalue weighted by molar-refractivity contribution is -0.153. The van der Waals surface area contributed by atoms with Gasteiger partial charge in [0.25, 0.3) is 0 Å². The van der Waals surface area contributed by atoms with Gasteiger partial charge in [-0.15, -0.1) is 0 Å². The largest absolute Gasteiger partial charge is 0.462 e. The Hall–Kier alpha value is -0.860. The standard InChI is InChI=1S/C10H14O3/c1-6(11)13-9-5-3-7-2-4-8(9)10(7)12/h7-9H,2-5H2,1H3/t7-,8+,9-/m0/s1. The third-order valence-corrected chi connectivity index (χ3v) is 3.16. The molecule has 2 aliphatic carbocycles. The molecule has 0 spiro atoms. The zero-order valence-electron chi connectivity index (χ0n) is 7.79. The van der Waals surface area contributed by atoms with E-state index in [1.807, 2.05) is 0 Å². The second kappa shape index (κ2) is 3.13. The highest BCUT2D eigenvalue weighted by Gasteiger charge is 2.44. The fraction of sp³-hybridized carbons (Fsp3) is 0.800. The van der Waals surface area contributed by atoms with Gasteiger partial charge in [-0.05, 0) is 25.7 Å². The summed E-state index contributed by atoms with van der Waals surface area (Å²) in [5, 5.41) is 0. The second-order valence-corrected chi connectivity index (χ2v) is 4.01. The van der Waals surface area contributed by atoms with Crippen molar-refractivity contribution >= 4 is 11.8 Å². The van der Waals surface area contributed by atoms with Crippen molar-refractivity contribution in [3.63, 3.8) is 0 Å². The Kier molecular flexibility index (Phi) is 2.10. The monoisotopic (exact) mass is 182 g/mol. The molecule has 2 bridgehead atoms. The average molecular weight is 182 g/mol. The molecule has 2 aliphatic rings. The molecule has 2 fully saturated rings. The van der Waals surface area contributed by atoms with Crippen molar-refractivity contribution < 1.29 is 14.3 Å². The van der Waals surface area contributed by atoms with Crippen LogP contribution in [0.2, 0.25) is 0 Å². The molecule has 3 nitrogen and oxygen atoms in total. The van der Waals surface area contributed by atoms with E-state index in [0.29, 0.717) is 5.78 Å². The number of hydrogen-bond acceptors (Lipinski definition) is 3. The molecule has 2 saturated carbocycles. The quantitative estimate of drug-likeness (QED) is 0.574. The lowest BCUT2D eigenvalue weighted by Gasteiger charge is -2.26. The van der Waals surface area contributed by atoms with Crippen LogP contribution in [0.3, 0.4) is 0 Å². The first-order valence-electron chi connectivity index (χ1n) is 4.89. The van der Waals surface area contributed by atoms with Gasteiger partial charge < -0.3 is 4.74 Å². The minimum Gasteiger partial charge on any atom is -0.462 e. The van der Waals surface area contributed by atoms with Crippen molar-refractivity contribution in [1.82, 2.24) is 0 Å². The van der Waals surface area contributed by atoms with Crippen molar-refractivity contribution in [2.45, 2.75) is 38.7 Å². The summed E-state index contributed by atoms with van der Waals surface area (Å²) in [7, 11) is 0. The molecule has 0 saturated heterocycles. The first-order chi connectivity index (χ1) is 6.18. The van der Waals surface area contributed by atoms with Gasteiger partial charge in [-0.3, -0.25) is 9.59 Å². The summed E-state index contributed by atoms with van der Waals surface area (Å²) in [6, 6.07) is 0. The number of Topliss-reactive ketones (excluding diaryl/α,β-unsaturated/α-hetero) is 1. The van der Waals surface area contributed by atoms with Crippen molar-refractivity contribution in [1.29, 1.82) is 0 Å². The molecule has 0 heterocycles. The van der Waals surface area contributed by atoms with Gasteiger partial charge in [-0.25, -0.2) is 0 Å². The van der Waals surface area contributed by atoms with Crippen LogP contribution in [0.4, 0.5) is 0 Å². The highest BCUT2D eigenvalue weighted by molar-refractivity contribution is 5.87. The van der Waals surface area contributed by atoms with E-state index in [4.69, 9.17) is 4.74 Å². The predicted octanol–water partition coefficient (Wildman–Crippen LogP) is 1.31. The number of fused-ring (bicyclic) bond motifs is 2. The molecule has 0 amide bonds. The molecule has 3 heteroatoms. The van der Waals surface area contributed by atoms with Crippen LogP contribution in [0, 0.1) is 11.8 Å². The highest BCUT2D eigenvalue weighted by atomic mass is 16.5. The maximum atomic E-state index is 11.6. The summed E-state index contributed by atoms with van der Waals surface area (Å²) >= 11 is 0. The van der Waals surface area contributed by atoms with Gasteiger partial charge in [0.1, 0.15) is 11.9 Å². The fourth-order valence-electron chi connectivity index (χ4n) is 2.54. The molecular weight excluding hydrogens is 168 g/mol. The summed E-state index contributed by atoms with van der Waals surface area (Å²) in [5.74, 6) is 0.361. The van der Waals surface area contributed by atoms with E-state index in [9.17, 15) is 9.59 Å². The van der Waals surface area contributed by atoms with Gasteiger partial charge in [0.2, 0.25) is 0 Å². The molecule has 0 N–H and O–H groups in total. The molecule has 0 aromatic carbocycles. The predicted molar refractivity (Wildman–Crippen MR) is 46.0 cm³/mol. The smallest absolute Gasteiger partial charge is 0.302 e. The first-order valence-corrected chi connectivity index (χ1v) is 4.89. The van der Waals surface area contributed by atoms with Crippen LogP contribution in [0.15, 0.2) is 0 Å². The third kappa shape index (κ3) is 1.47. The number of ether oxygens (including phenoxy) is 1. The zero-order valence-corrected chi connectivity index (χ0v) is 7.79. The lowest BCUT2D eigenvalue weighted by Crippen LogP contribution is -2.35. The fourth-order valence-corrected chi connectivity index (χ4v) is 2.54. The minimum absolute atomic E-state index is 0.0163. The topological polar surface area (TPSA) is 43.4 Å². The van der Waals surface area contributed by atoms with Crippen molar-refractivity contribution in [3.05, 3.63) is 0 Å². The molecular formula is C10H14O3. The molecule has 0 radical (unpaired) electrons. The van der Waals surface area contributed by atoms with Gasteiger partial charge >= 0.3 is 5.97 Å². The van der Waals surface area contributed by atoms with Crippen LogP contribution in [0.5, 0.6) is 0 Å². The van der Waals surface area contributed by atoms with E-state index < -0.39 is 0 Å². The van der Waals surface area contributed by atoms with Crippen LogP contribution in [-0.4, -0.2) is 17.9 Å². The van der Waals surface area contributed by atoms with Crippen LogP contribution < -0.4 is 0 Å². The van der Waals surface area contributed by atoms with Gasteiger partial charge in [0, 0.05) is 12.8 Å². The summed E-state index contributed by atoms with van der Waals surface area (Å²) in [6.07, 6.45) is 3.58. The van der Waals surface area contributed by atoms with Crippen molar-refractivity contribution in [3.8, 4) is 0 Å². The van der Waals surface area contributed by atoms with E-state index in [-0.39, 0.29) is 23.9 Å². The van der Waals surface area contributed by atoms with Gasteiger partial charge in [0.05, 0.1) is 5.92 Å². The second-order valence-electron chi connectivity index (χ2n) is 4.01. The Morgan fingerprint density at radius 2 is 2.00 bits per heavy atom. The Balaban J connectivity index is 2.06. The van der Waals surface area contributed by atoms with Gasteiger partial charge in [-0.2, -0.15) is 0 Å². The minimum atomic E-state index is -0.261. The molecule has 2 rings (SSSR count). The maximum absolute atomic E-state index is 11.6. The molecule has 0 aromatic rings. The SMILES string of the molecule is CC(=O)O[C@H]1CC[C@@H]2CC[C@H]1C2=O. The number of ketones is 1. The molecule has 0 aliphatic heterocycles. The van der Waals surface area contributed by atoms with Crippen molar-refractivity contribution in [2.24, 2.45) is 11.8 Å². The Morgan fingerprint density at radius 3 is 2.69 bits per heavy atom. The lowest BCUT2D eigenvalue weighted by atomic mass is 9.85. The molecule has 72 valence electrons. The average Bonchev–Trinajstić information content (AvgIpc) is 2.31. The zero-order chi connectivity index (χ0) is 9.42. The van der Waals surface area contributed by atoms with Gasteiger partial charge in [0.15, 0.2) is 0 Å². The van der Waals surface area contributed by atoms with E-state index >= 15 is 0 Å². The molecule has 3 atom stereocenters. The van der Waals surface area contributed by atoms with E-state index in [1.54, 1.807) is 0 Å². The summed E-state index contributed by atoms with van der Waals surface area (Å²) in [4.78, 5) is 22.3. The number of carbonyl (C=O) groups is 2. The molecule has 0 unspecified atom stereocenters. The van der Waals surface area contributed by atoms with Crippen molar-refractivity contribution in [2.75, 3.05) is 0 Å². The molecule has 0 aromatic heterocycles. The summed E-state index contributed by atoms with van der Waals surface area (Å²) in [5.41, 5.74) is 0. The Labute approximate surface area is 77.4 Å². The van der Waals surface area contributed by atoms with E-state index in [0.717, 1.165) is 25.7 Å². The highest BCUT2D eigenvalue weighted by Crippen LogP contribution is 2.40. The normalized spacial score (nSPS) is 37.6. The Morgan fingerprint density at radius 1 is 1.31 bits per heavy atom. The summed E-state index contributed by atoms with van der Waals surface area (Å²) < 4.78 is 5.13. The Bertz CT molecular complexity index is 247. The van der Waals surface area contributed by atoms with Crippen LogP contribution in [0.1, 0.15) is 32.6 Å². The maximum Gasteiger partial charge on any atom is 0.302 e. The van der Waals surface area contributed by atoms with Crippen LogP contribution in [0.25, 0.3) is 0 Å². The van der Waals surface area contributed by atoms with E-state index in [2.05, 4.69) is 0 Å². The number of hydrogen-bond donors (Lipinski definition) is 0. The van der Waals surface area contributed by atoms with Crippen LogP contribution in [-0.2, 0) is 14.3 Å². The first kappa shape index (κ1) is 8.73. The summed E-state index contributed by atoms with van der Waals surface area (Å²) in [6.45, 7) is 1.41. The number of carbonyl (C=O) groups excluding carboxylic acids is 2. The number of esters is 1. The third-order valence-electron chi connectivity index (χ3n) is 3.16.